The summed E-state index contributed by atoms with van der Waals surface area (Å²) in [6.45, 7) is 7.53. The van der Waals surface area contributed by atoms with Gasteiger partial charge in [0.25, 0.3) is 0 Å². The minimum atomic E-state index is -3.77. The van der Waals surface area contributed by atoms with Crippen LogP contribution in [0.3, 0.4) is 0 Å². The van der Waals surface area contributed by atoms with Crippen LogP contribution < -0.4 is 9.47 Å². The van der Waals surface area contributed by atoms with Crippen molar-refractivity contribution in [2.75, 3.05) is 6.26 Å². The van der Waals surface area contributed by atoms with Crippen molar-refractivity contribution in [2.45, 2.75) is 25.0 Å². The predicted octanol–water partition coefficient (Wildman–Crippen LogP) is 6.85. The Morgan fingerprint density at radius 3 is 2.37 bits per heavy atom. The van der Waals surface area contributed by atoms with Gasteiger partial charge in [0.1, 0.15) is 11.5 Å². The molecule has 0 N–H and O–H groups in total. The van der Waals surface area contributed by atoms with Gasteiger partial charge in [-0.2, -0.15) is 0 Å². The number of hydrogen-bond acceptors (Lipinski definition) is 7. The lowest BCUT2D eigenvalue weighted by molar-refractivity contribution is -0.286. The van der Waals surface area contributed by atoms with Gasteiger partial charge in [-0.25, -0.2) is 18.4 Å². The molecule has 8 nitrogen and oxygen atoms in total. The number of oxazole rings is 1. The summed E-state index contributed by atoms with van der Waals surface area (Å²) in [4.78, 5) is 9.40. The summed E-state index contributed by atoms with van der Waals surface area (Å²) in [5.74, 6) is 1.01. The van der Waals surface area contributed by atoms with Crippen LogP contribution in [-0.2, 0) is 9.84 Å². The third-order valence-corrected chi connectivity index (χ3v) is 7.70. The first-order valence-corrected chi connectivity index (χ1v) is 14.3. The molecule has 11 heteroatoms. The van der Waals surface area contributed by atoms with E-state index in [0.29, 0.717) is 28.1 Å². The zero-order valence-corrected chi connectivity index (χ0v) is 23.0. The lowest BCUT2D eigenvalue weighted by atomic mass is 9.98. The Bertz CT molecular complexity index is 1960. The summed E-state index contributed by atoms with van der Waals surface area (Å²) in [6, 6.07) is 16.6. The van der Waals surface area contributed by atoms with E-state index in [0.717, 1.165) is 29.0 Å². The fraction of sp³-hybridized carbons (Fsp3) is 0.133. The Kier molecular flexibility index (Phi) is 6.07. The van der Waals surface area contributed by atoms with Crippen LogP contribution in [0.25, 0.3) is 45.5 Å². The van der Waals surface area contributed by atoms with E-state index in [1.165, 1.54) is 18.2 Å². The average Bonchev–Trinajstić information content (AvgIpc) is 3.60. The number of ether oxygens (including phenoxy) is 2. The highest BCUT2D eigenvalue weighted by atomic mass is 32.2. The number of imidazole rings is 1. The first-order chi connectivity index (χ1) is 19.4. The van der Waals surface area contributed by atoms with E-state index < -0.39 is 16.1 Å². The molecule has 0 bridgehead atoms. The van der Waals surface area contributed by atoms with Crippen LogP contribution in [0, 0.1) is 13.8 Å². The van der Waals surface area contributed by atoms with Crippen LogP contribution in [-0.4, -0.2) is 35.5 Å². The fourth-order valence-electron chi connectivity index (χ4n) is 4.78. The SMILES string of the molecule is C=Cc1nc(-c2cc(-c3cccc(S(C)(=O)=O)c3)ccc2-n2cc(C)nc2C)c(-c2ccc3c(c2)OC(F)(F)O3)o1. The van der Waals surface area contributed by atoms with Crippen molar-refractivity contribution in [1.82, 2.24) is 14.5 Å². The molecule has 2 aromatic heterocycles. The molecule has 0 spiro atoms. The van der Waals surface area contributed by atoms with Gasteiger partial charge >= 0.3 is 6.29 Å². The van der Waals surface area contributed by atoms with Crippen molar-refractivity contribution < 1.29 is 31.1 Å². The number of aryl methyl sites for hydroxylation is 2. The van der Waals surface area contributed by atoms with Crippen LogP contribution in [0.4, 0.5) is 8.78 Å². The molecule has 0 saturated heterocycles. The zero-order valence-electron chi connectivity index (χ0n) is 22.2. The van der Waals surface area contributed by atoms with E-state index >= 15 is 0 Å². The summed E-state index contributed by atoms with van der Waals surface area (Å²) < 4.78 is 69.1. The molecular formula is C30H23F2N3O5S. The van der Waals surface area contributed by atoms with Crippen LogP contribution in [0.1, 0.15) is 17.4 Å². The highest BCUT2D eigenvalue weighted by Gasteiger charge is 2.43. The standard InChI is InChI=1S/C30H23F2N3O5S/c1-5-27-34-28(29(38-27)21-10-12-25-26(15-21)40-30(31,32)39-25)23-14-20(19-7-6-8-22(13-19)41(4,36)37)9-11-24(23)35-16-17(2)33-18(35)3/h5-16H,1H2,2-4H3. The molecule has 0 fully saturated rings. The lowest BCUT2D eigenvalue weighted by Gasteiger charge is -2.14. The van der Waals surface area contributed by atoms with Crippen LogP contribution >= 0.6 is 0 Å². The molecule has 0 atom stereocenters. The molecule has 208 valence electrons. The lowest BCUT2D eigenvalue weighted by Crippen LogP contribution is -2.25. The highest BCUT2D eigenvalue weighted by molar-refractivity contribution is 7.90. The Labute approximate surface area is 234 Å². The second-order valence-corrected chi connectivity index (χ2v) is 11.6. The van der Waals surface area contributed by atoms with Crippen molar-refractivity contribution in [3.05, 3.63) is 90.8 Å². The highest BCUT2D eigenvalue weighted by Crippen LogP contribution is 2.45. The van der Waals surface area contributed by atoms with Crippen molar-refractivity contribution in [2.24, 2.45) is 0 Å². The van der Waals surface area contributed by atoms with E-state index in [1.54, 1.807) is 24.3 Å². The molecule has 41 heavy (non-hydrogen) atoms. The van der Waals surface area contributed by atoms with Gasteiger partial charge in [-0.3, -0.25) is 0 Å². The summed E-state index contributed by atoms with van der Waals surface area (Å²) in [6.07, 6.45) is 0.718. The van der Waals surface area contributed by atoms with Crippen molar-refractivity contribution in [1.29, 1.82) is 0 Å². The van der Waals surface area contributed by atoms with Crippen molar-refractivity contribution >= 4 is 15.9 Å². The largest absolute Gasteiger partial charge is 0.586 e. The second-order valence-electron chi connectivity index (χ2n) is 9.59. The van der Waals surface area contributed by atoms with Gasteiger partial charge in [-0.1, -0.05) is 24.8 Å². The van der Waals surface area contributed by atoms with E-state index in [-0.39, 0.29) is 22.3 Å². The molecule has 0 saturated carbocycles. The molecule has 1 aliphatic heterocycles. The van der Waals surface area contributed by atoms with E-state index in [4.69, 9.17) is 4.42 Å². The maximum Gasteiger partial charge on any atom is 0.586 e. The summed E-state index contributed by atoms with van der Waals surface area (Å²) in [7, 11) is -3.43. The number of halogens is 2. The van der Waals surface area contributed by atoms with Crippen molar-refractivity contribution in [3.8, 4) is 50.9 Å². The number of aromatic nitrogens is 3. The number of rotatable bonds is 6. The quantitative estimate of drug-likeness (QED) is 0.219. The number of nitrogens with zero attached hydrogens (tertiary/aromatic N) is 3. The topological polar surface area (TPSA) is 96.5 Å². The molecule has 0 aliphatic carbocycles. The van der Waals surface area contributed by atoms with E-state index in [1.807, 2.05) is 48.9 Å². The third-order valence-electron chi connectivity index (χ3n) is 6.59. The number of benzene rings is 3. The Balaban J connectivity index is 1.58. The molecule has 1 aliphatic rings. The van der Waals surface area contributed by atoms with Crippen LogP contribution in [0.15, 0.2) is 82.8 Å². The minimum Gasteiger partial charge on any atom is -0.436 e. The second kappa shape index (κ2) is 9.41. The van der Waals surface area contributed by atoms with E-state index in [2.05, 4.69) is 26.0 Å². The molecule has 0 amide bonds. The molecule has 0 unspecified atom stereocenters. The maximum atomic E-state index is 13.7. The van der Waals surface area contributed by atoms with Crippen LogP contribution in [0.5, 0.6) is 11.5 Å². The Hall–Kier alpha value is -4.77. The molecule has 6 rings (SSSR count). The zero-order chi connectivity index (χ0) is 29.1. The minimum absolute atomic E-state index is 0.0956. The summed E-state index contributed by atoms with van der Waals surface area (Å²) >= 11 is 0. The number of sulfone groups is 1. The fourth-order valence-corrected chi connectivity index (χ4v) is 5.44. The maximum absolute atomic E-state index is 13.7. The molecule has 5 aromatic rings. The Morgan fingerprint density at radius 2 is 1.66 bits per heavy atom. The first-order valence-electron chi connectivity index (χ1n) is 12.4. The summed E-state index contributed by atoms with van der Waals surface area (Å²) in [5, 5.41) is 0. The monoisotopic (exact) mass is 575 g/mol. The number of alkyl halides is 2. The summed E-state index contributed by atoms with van der Waals surface area (Å²) in [5.41, 5.74) is 4.40. The smallest absolute Gasteiger partial charge is 0.436 e. The van der Waals surface area contributed by atoms with Gasteiger partial charge in [0.15, 0.2) is 27.1 Å². The molecular weight excluding hydrogens is 552 g/mol. The number of fused-ring (bicyclic) bond motifs is 1. The normalized spacial score (nSPS) is 13.9. The first kappa shape index (κ1) is 26.5. The molecule has 3 heterocycles. The van der Waals surface area contributed by atoms with Gasteiger partial charge < -0.3 is 18.5 Å². The third kappa shape index (κ3) is 4.89. The number of hydrogen-bond donors (Lipinski definition) is 0. The van der Waals surface area contributed by atoms with Gasteiger partial charge in [0.05, 0.1) is 16.3 Å². The van der Waals surface area contributed by atoms with E-state index in [9.17, 15) is 17.2 Å². The molecule has 0 radical (unpaired) electrons. The molecule has 3 aromatic carbocycles. The predicted molar refractivity (Wildman–Crippen MR) is 149 cm³/mol. The van der Waals surface area contributed by atoms with Gasteiger partial charge in [-0.15, -0.1) is 8.78 Å². The average molecular weight is 576 g/mol. The van der Waals surface area contributed by atoms with Crippen LogP contribution in [0.2, 0.25) is 0 Å². The van der Waals surface area contributed by atoms with Gasteiger partial charge in [0, 0.05) is 23.6 Å². The van der Waals surface area contributed by atoms with Gasteiger partial charge in [0.2, 0.25) is 5.89 Å². The van der Waals surface area contributed by atoms with Crippen molar-refractivity contribution in [3.63, 3.8) is 0 Å². The Morgan fingerprint density at radius 1 is 0.927 bits per heavy atom. The van der Waals surface area contributed by atoms with Gasteiger partial charge in [-0.05, 0) is 73.5 Å².